The van der Waals surface area contributed by atoms with Crippen LogP contribution in [0.5, 0.6) is 11.8 Å². The van der Waals surface area contributed by atoms with E-state index >= 15 is 0 Å². The highest BCUT2D eigenvalue weighted by molar-refractivity contribution is 5.84. The van der Waals surface area contributed by atoms with Crippen LogP contribution in [0.4, 0.5) is 13.2 Å². The zero-order valence-corrected chi connectivity index (χ0v) is 76.7. The van der Waals surface area contributed by atoms with Crippen molar-refractivity contribution in [3.63, 3.8) is 0 Å². The van der Waals surface area contributed by atoms with Gasteiger partial charge in [-0.25, -0.2) is 34.3 Å². The van der Waals surface area contributed by atoms with Gasteiger partial charge in [0, 0.05) is 63.1 Å². The van der Waals surface area contributed by atoms with E-state index in [0.717, 1.165) is 12.0 Å². The lowest BCUT2D eigenvalue weighted by molar-refractivity contribution is -0.164. The molecule has 4 aromatic rings. The molecule has 4 rings (SSSR count). The number of methoxy groups -OCH3 is 3. The molecule has 109 heavy (non-hydrogen) atoms. The molecule has 0 radical (unpaired) electrons. The van der Waals surface area contributed by atoms with Gasteiger partial charge in [0.15, 0.2) is 5.82 Å². The third-order valence-electron chi connectivity index (χ3n) is 13.0. The van der Waals surface area contributed by atoms with Gasteiger partial charge >= 0.3 is 23.9 Å². The lowest BCUT2D eigenvalue weighted by Gasteiger charge is -2.25. The Labute approximate surface area is 658 Å². The van der Waals surface area contributed by atoms with Crippen molar-refractivity contribution >= 4 is 41.2 Å². The summed E-state index contributed by atoms with van der Waals surface area (Å²) in [7, 11) is 4.18. The van der Waals surface area contributed by atoms with Crippen LogP contribution in [0.3, 0.4) is 0 Å². The van der Waals surface area contributed by atoms with E-state index in [0.29, 0.717) is 54.2 Å². The van der Waals surface area contributed by atoms with Gasteiger partial charge in [0.25, 0.3) is 11.8 Å². The van der Waals surface area contributed by atoms with E-state index in [9.17, 15) is 46.7 Å². The molecule has 0 saturated carbocycles. The van der Waals surface area contributed by atoms with Crippen LogP contribution in [0.15, 0.2) is 37.1 Å². The first-order valence-corrected chi connectivity index (χ1v) is 36.9. The van der Waals surface area contributed by atoms with E-state index in [1.54, 1.807) is 26.2 Å². The van der Waals surface area contributed by atoms with Crippen molar-refractivity contribution in [2.75, 3.05) is 27.9 Å². The fourth-order valence-electron chi connectivity index (χ4n) is 5.78. The van der Waals surface area contributed by atoms with E-state index in [4.69, 9.17) is 23.7 Å². The predicted molar refractivity (Wildman–Crippen MR) is 434 cm³/mol. The topological polar surface area (TPSA) is 278 Å². The Hall–Kier alpha value is -7.40. The number of ketones is 3. The van der Waals surface area contributed by atoms with Crippen LogP contribution in [0, 0.1) is 62.3 Å². The number of rotatable bonds is 6. The smallest absolute Gasteiger partial charge is 0.311 e. The molecular formula is C85H151F3N8O13. The molecule has 0 bridgehead atoms. The van der Waals surface area contributed by atoms with Crippen molar-refractivity contribution in [1.82, 2.24) is 39.9 Å². The molecule has 0 aliphatic heterocycles. The van der Waals surface area contributed by atoms with Crippen molar-refractivity contribution in [1.29, 1.82) is 0 Å². The van der Waals surface area contributed by atoms with Crippen molar-refractivity contribution in [3.8, 4) is 11.8 Å². The average Bonchev–Trinajstić information content (AvgIpc) is 0.822. The van der Waals surface area contributed by atoms with Crippen LogP contribution < -0.4 is 9.47 Å². The number of Topliss-reactive ketones (excluding diaryl/α,β-unsaturated/α-hetero) is 3. The van der Waals surface area contributed by atoms with Crippen LogP contribution in [0.2, 0.25) is 0 Å². The lowest BCUT2D eigenvalue weighted by atomic mass is 9.89. The summed E-state index contributed by atoms with van der Waals surface area (Å²) in [5, 5.41) is 0. The number of aromatic nitrogens is 8. The molecular weight excluding hydrogens is 1400 g/mol. The Morgan fingerprint density at radius 1 is 0.404 bits per heavy atom. The second-order valence-corrected chi connectivity index (χ2v) is 37.8. The SMILES string of the molecule is CC(=O)C(C)(C)C.CC(C)(C)OC(=O)C(C)(C)C.CC(C)(C)c1ncc(F)cn1.CC(C)(C)c1ncccn1.CC(C)OC(=O)C(C)(C)C.CCC(=O)C(C)(C)C.CCC(=O)C(C)(C)C.CCOC(=O)C(C)(C)C.COC(=O)C(C)(C)C.COc1nc(C(C)(C)C)nc(C)c1F.COc1nc(C(C)(C)C)ncc1F. The number of hydrogen-bond donors (Lipinski definition) is 0. The Morgan fingerprint density at radius 3 is 0.927 bits per heavy atom. The van der Waals surface area contributed by atoms with E-state index in [1.807, 2.05) is 269 Å². The van der Waals surface area contributed by atoms with Gasteiger partial charge < -0.3 is 28.4 Å². The van der Waals surface area contributed by atoms with Gasteiger partial charge in [-0.15, -0.1) is 0 Å². The van der Waals surface area contributed by atoms with Gasteiger partial charge in [-0.2, -0.15) is 18.7 Å². The molecule has 0 aromatic carbocycles. The van der Waals surface area contributed by atoms with Crippen molar-refractivity contribution in [2.45, 2.75) is 344 Å². The molecule has 630 valence electrons. The largest absolute Gasteiger partial charge is 0.479 e. The van der Waals surface area contributed by atoms with E-state index < -0.39 is 22.9 Å². The number of esters is 4. The lowest BCUT2D eigenvalue weighted by Crippen LogP contribution is -2.31. The molecule has 0 aliphatic carbocycles. The Morgan fingerprint density at radius 2 is 0.725 bits per heavy atom. The number of nitrogens with zero attached hydrogens (tertiary/aromatic N) is 8. The summed E-state index contributed by atoms with van der Waals surface area (Å²) in [6.45, 7) is 82.1. The normalized spacial score (nSPS) is 11.6. The average molecular weight is 1550 g/mol. The Bertz CT molecular complexity index is 3220. The molecule has 0 amide bonds. The number of carbonyl (C=O) groups is 7. The van der Waals surface area contributed by atoms with Gasteiger partial charge in [-0.1, -0.05) is 159 Å². The molecule has 0 aliphatic rings. The summed E-state index contributed by atoms with van der Waals surface area (Å²) in [5.41, 5.74) is -2.35. The monoisotopic (exact) mass is 1550 g/mol. The fourth-order valence-corrected chi connectivity index (χ4v) is 5.78. The molecule has 0 N–H and O–H groups in total. The maximum absolute atomic E-state index is 13.3. The van der Waals surface area contributed by atoms with Crippen LogP contribution in [0.25, 0.3) is 0 Å². The molecule has 0 spiro atoms. The van der Waals surface area contributed by atoms with Gasteiger partial charge in [0.2, 0.25) is 11.6 Å². The second kappa shape index (κ2) is 49.8. The zero-order chi connectivity index (χ0) is 88.7. The first-order valence-electron chi connectivity index (χ1n) is 36.9. The highest BCUT2D eigenvalue weighted by atomic mass is 19.1. The summed E-state index contributed by atoms with van der Waals surface area (Å²) in [5.74, 6) is 1.65. The van der Waals surface area contributed by atoms with Crippen LogP contribution >= 0.6 is 0 Å². The van der Waals surface area contributed by atoms with Gasteiger partial charge in [0.1, 0.15) is 46.2 Å². The zero-order valence-electron chi connectivity index (χ0n) is 76.7. The Balaban J connectivity index is -0.000000211. The van der Waals surface area contributed by atoms with Gasteiger partial charge in [-0.3, -0.25) is 33.6 Å². The van der Waals surface area contributed by atoms with Crippen molar-refractivity contribution in [3.05, 3.63) is 83.5 Å². The predicted octanol–water partition coefficient (Wildman–Crippen LogP) is 20.6. The fraction of sp³-hybridized carbons (Fsp3) is 0.729. The summed E-state index contributed by atoms with van der Waals surface area (Å²) in [6.07, 6.45) is 8.36. The number of aryl methyl sites for hydroxylation is 1. The molecule has 21 nitrogen and oxygen atoms in total. The van der Waals surface area contributed by atoms with E-state index in [1.165, 1.54) is 33.7 Å². The number of ether oxygens (including phenoxy) is 6. The maximum Gasteiger partial charge on any atom is 0.311 e. The van der Waals surface area contributed by atoms with Crippen LogP contribution in [-0.4, -0.2) is 121 Å². The van der Waals surface area contributed by atoms with Gasteiger partial charge in [-0.05, 0) is 145 Å². The first kappa shape index (κ1) is 115. The Kier molecular flexibility index (Phi) is 52.5. The number of hydrogen-bond acceptors (Lipinski definition) is 21. The number of halogens is 3. The molecule has 0 fully saturated rings. The number of carbonyl (C=O) groups excluding carboxylic acids is 7. The van der Waals surface area contributed by atoms with Crippen molar-refractivity contribution < 1.29 is 75.2 Å². The summed E-state index contributed by atoms with van der Waals surface area (Å²) < 4.78 is 67.6. The minimum absolute atomic E-state index is 0.0000694. The standard InChI is InChI=1S/C10H15FN2O.C9H13FN2O.C9H18O2.C8H11FN2.C8H12N2.C8H16O2.C7H14O2.2C7H14O.C6H12O2.C6H12O/c1-6-7(11)8(14-5)13-9(12-6)10(2,3)4;1-9(2,3)8-11-5-6(10)7(12-8)13-4;1-8(2,3)7(10)11-9(4,5)6;1-8(2,3)7-10-4-6(9)5-11-7;1-8(2,3)7-9-5-4-6-10-7;1-6(2)10-7(9)8(3,4)5;1-5-9-6(8)7(2,3)4;2*1-5-6(8)7(2,3)4;1-6(2,3)5(7)8-4;1-5(7)6(2,3)4/h1-5H3;5H,1-4H3;1-6H3;4-5H,1-3H3;4-6H,1-3H3;6H,1-5H3;5H2,1-4H3;2*5H2,1-4H3;1-4H3;1-4H3. The van der Waals surface area contributed by atoms with Crippen LogP contribution in [-0.2, 0) is 74.2 Å². The minimum Gasteiger partial charge on any atom is -0.479 e. The third-order valence-corrected chi connectivity index (χ3v) is 13.0. The molecule has 4 heterocycles. The summed E-state index contributed by atoms with van der Waals surface area (Å²) in [6, 6.07) is 1.83. The molecule has 4 aromatic heterocycles. The highest BCUT2D eigenvalue weighted by Crippen LogP contribution is 2.26. The summed E-state index contributed by atoms with van der Waals surface area (Å²) in [4.78, 5) is 108. The maximum atomic E-state index is 13.3. The third kappa shape index (κ3) is 60.1. The van der Waals surface area contributed by atoms with Gasteiger partial charge in [0.05, 0.1) is 80.0 Å². The van der Waals surface area contributed by atoms with Crippen molar-refractivity contribution in [2.24, 2.45) is 37.9 Å². The molecule has 0 unspecified atom stereocenters. The van der Waals surface area contributed by atoms with Crippen LogP contribution in [0.1, 0.15) is 333 Å². The minimum atomic E-state index is -0.532. The quantitative estimate of drug-likeness (QED) is 0.128. The molecule has 0 saturated heterocycles. The highest BCUT2D eigenvalue weighted by Gasteiger charge is 2.29. The van der Waals surface area contributed by atoms with E-state index in [-0.39, 0.29) is 107 Å². The molecule has 24 heteroatoms. The first-order chi connectivity index (χ1) is 48.2. The van der Waals surface area contributed by atoms with E-state index in [2.05, 4.69) is 65.4 Å². The summed E-state index contributed by atoms with van der Waals surface area (Å²) >= 11 is 0. The second-order valence-electron chi connectivity index (χ2n) is 37.8. The molecule has 0 atom stereocenters.